The zero-order valence-corrected chi connectivity index (χ0v) is 33.2. The van der Waals surface area contributed by atoms with Crippen molar-refractivity contribution in [2.24, 2.45) is 0 Å². The molecule has 306 valence electrons. The molecule has 0 saturated carbocycles. The quantitative estimate of drug-likeness (QED) is 0.120. The molecule has 8 rings (SSSR count). The summed E-state index contributed by atoms with van der Waals surface area (Å²) in [7, 11) is 4.93. The van der Waals surface area contributed by atoms with E-state index >= 15 is 13.2 Å². The fraction of sp³-hybridized carbons (Fsp3) is 0.405. The van der Waals surface area contributed by atoms with Crippen LogP contribution in [0.15, 0.2) is 60.7 Å². The van der Waals surface area contributed by atoms with Crippen LogP contribution in [0.25, 0.3) is 22.2 Å². The lowest BCUT2D eigenvalue weighted by atomic mass is 9.94. The summed E-state index contributed by atoms with van der Waals surface area (Å²) in [5.41, 5.74) is -0.403. The van der Waals surface area contributed by atoms with E-state index in [1.807, 2.05) is 58.3 Å². The number of fused-ring (bicyclic) bond motifs is 1. The minimum atomic E-state index is -4.82. The van der Waals surface area contributed by atoms with Gasteiger partial charge in [-0.1, -0.05) is 35.9 Å². The first-order valence-corrected chi connectivity index (χ1v) is 19.3. The Morgan fingerprint density at radius 2 is 1.57 bits per heavy atom. The first kappa shape index (κ1) is 39.7. The van der Waals surface area contributed by atoms with Crippen molar-refractivity contribution in [2.75, 3.05) is 63.9 Å². The van der Waals surface area contributed by atoms with Gasteiger partial charge < -0.3 is 28.7 Å². The van der Waals surface area contributed by atoms with Crippen molar-refractivity contribution >= 4 is 34.1 Å². The number of alkyl halides is 5. The Bertz CT molecular complexity index is 2280. The molecule has 3 aliphatic rings. The van der Waals surface area contributed by atoms with Gasteiger partial charge in [-0.15, -0.1) is 0 Å². The minimum Gasteiger partial charge on any atom is -0.497 e. The molecule has 3 aromatic carbocycles. The third kappa shape index (κ3) is 7.61. The maximum absolute atomic E-state index is 15.2. The van der Waals surface area contributed by atoms with E-state index in [-0.39, 0.29) is 65.4 Å². The van der Waals surface area contributed by atoms with Gasteiger partial charge in [0.05, 0.1) is 60.0 Å². The van der Waals surface area contributed by atoms with E-state index in [0.29, 0.717) is 55.3 Å². The number of rotatable bonds is 11. The van der Waals surface area contributed by atoms with E-state index in [4.69, 9.17) is 35.5 Å². The average molecular weight is 825 g/mol. The number of benzene rings is 3. The molecule has 16 heteroatoms. The number of halogens is 6. The molecule has 2 aromatic heterocycles. The molecule has 5 heterocycles. The lowest BCUT2D eigenvalue weighted by molar-refractivity contribution is -0.137. The summed E-state index contributed by atoms with van der Waals surface area (Å²) in [6.45, 7) is 2.63. The summed E-state index contributed by atoms with van der Waals surface area (Å²) < 4.78 is 97.7. The number of likely N-dealkylation sites (N-methyl/N-ethyl adjacent to an activating group) is 1. The number of methoxy groups -OCH3 is 2. The Kier molecular flexibility index (Phi) is 10.4. The van der Waals surface area contributed by atoms with Gasteiger partial charge in [0, 0.05) is 32.1 Å². The lowest BCUT2D eigenvalue weighted by Crippen LogP contribution is -2.43. The zero-order valence-electron chi connectivity index (χ0n) is 32.4. The van der Waals surface area contributed by atoms with E-state index in [0.717, 1.165) is 17.5 Å². The Balaban J connectivity index is 1.26. The van der Waals surface area contributed by atoms with Crippen LogP contribution in [-0.4, -0.2) is 85.4 Å². The van der Waals surface area contributed by atoms with Gasteiger partial charge >= 0.3 is 12.2 Å². The molecule has 2 fully saturated rings. The number of hydrogen-bond acceptors (Lipinski definition) is 10. The Morgan fingerprint density at radius 1 is 0.914 bits per heavy atom. The van der Waals surface area contributed by atoms with E-state index in [1.54, 1.807) is 26.2 Å². The van der Waals surface area contributed by atoms with E-state index in [1.165, 1.54) is 19.1 Å². The smallest absolute Gasteiger partial charge is 0.418 e. The van der Waals surface area contributed by atoms with Crippen LogP contribution < -0.4 is 28.7 Å². The fourth-order valence-corrected chi connectivity index (χ4v) is 8.69. The van der Waals surface area contributed by atoms with Gasteiger partial charge in [0.1, 0.15) is 36.3 Å². The monoisotopic (exact) mass is 824 g/mol. The third-order valence-corrected chi connectivity index (χ3v) is 11.6. The van der Waals surface area contributed by atoms with Crippen molar-refractivity contribution in [3.8, 4) is 34.5 Å². The summed E-state index contributed by atoms with van der Waals surface area (Å²) in [5, 5.41) is 0.303. The highest BCUT2D eigenvalue weighted by molar-refractivity contribution is 6.36. The van der Waals surface area contributed by atoms with Crippen LogP contribution in [0.3, 0.4) is 0 Å². The molecule has 2 saturated heterocycles. The lowest BCUT2D eigenvalue weighted by Gasteiger charge is -2.30. The van der Waals surface area contributed by atoms with Crippen LogP contribution >= 0.6 is 11.6 Å². The largest absolute Gasteiger partial charge is 0.497 e. The Hall–Kier alpha value is -5.15. The zero-order chi connectivity index (χ0) is 41.0. The number of nitrogens with zero attached hydrogens (tertiary/aromatic N) is 6. The summed E-state index contributed by atoms with van der Waals surface area (Å²) in [5.74, 6) is -0.742. The molecule has 0 N–H and O–H groups in total. The molecule has 0 unspecified atom stereocenters. The van der Waals surface area contributed by atoms with E-state index in [9.17, 15) is 8.78 Å². The second-order valence-electron chi connectivity index (χ2n) is 15.2. The SMILES string of the molecule is COc1ccc(CN(Cc2ccc(OC)cc2)c2cc(C)c(C(F)(F)F)c(-c3cc4nc(OC[C@@]56CCCN5CC(F)(F)C6)nc5c4c(c3Cl)OCCN5C)n2)cc1. The van der Waals surface area contributed by atoms with Gasteiger partial charge in [0.2, 0.25) is 0 Å². The Labute approximate surface area is 337 Å². The van der Waals surface area contributed by atoms with Gasteiger partial charge in [0.25, 0.3) is 5.92 Å². The fourth-order valence-electron chi connectivity index (χ4n) is 8.40. The number of aromatic nitrogens is 3. The first-order valence-electron chi connectivity index (χ1n) is 18.9. The molecule has 1 atom stereocenters. The number of anilines is 2. The van der Waals surface area contributed by atoms with Gasteiger partial charge in [-0.05, 0) is 79.4 Å². The van der Waals surface area contributed by atoms with Crippen LogP contribution in [0.1, 0.15) is 41.5 Å². The van der Waals surface area contributed by atoms with Crippen molar-refractivity contribution < 1.29 is 40.9 Å². The molecule has 0 aliphatic carbocycles. The molecular weight excluding hydrogens is 783 g/mol. The summed E-state index contributed by atoms with van der Waals surface area (Å²) in [6.07, 6.45) is -3.86. The van der Waals surface area contributed by atoms with Crippen molar-refractivity contribution in [2.45, 2.75) is 56.9 Å². The molecule has 0 radical (unpaired) electrons. The average Bonchev–Trinajstić information content (AvgIpc) is 3.61. The van der Waals surface area contributed by atoms with Crippen molar-refractivity contribution in [3.63, 3.8) is 0 Å². The second kappa shape index (κ2) is 15.2. The highest BCUT2D eigenvalue weighted by Crippen LogP contribution is 2.50. The molecule has 0 amide bonds. The predicted octanol–water partition coefficient (Wildman–Crippen LogP) is 8.98. The number of ether oxygens (including phenoxy) is 4. The van der Waals surface area contributed by atoms with E-state index < -0.39 is 28.9 Å². The maximum Gasteiger partial charge on any atom is 0.418 e. The standard InChI is InChI=1S/C42H42ClF5N6O4/c1-25-18-32(53(20-26-6-10-28(55-3)11-7-26)21-27-8-12-29(56-4)13-9-27)50-36(34(25)42(46,47)48)30-19-31-33-37(35(30)43)57-17-16-52(2)38(33)51-39(49-31)58-24-40-14-5-15-54(40)23-41(44,45)22-40/h6-13,18-19H,5,14-17,20-24H2,1-4H3/t40-/m0/s1. The van der Waals surface area contributed by atoms with Gasteiger partial charge in [-0.3, -0.25) is 4.90 Å². The Morgan fingerprint density at radius 3 is 2.19 bits per heavy atom. The van der Waals surface area contributed by atoms with Gasteiger partial charge in [-0.2, -0.15) is 23.1 Å². The number of hydrogen-bond donors (Lipinski definition) is 0. The van der Waals surface area contributed by atoms with Crippen molar-refractivity contribution in [3.05, 3.63) is 87.9 Å². The van der Waals surface area contributed by atoms with Crippen molar-refractivity contribution in [1.82, 2.24) is 19.9 Å². The number of aryl methyl sites for hydroxylation is 1. The molecule has 10 nitrogen and oxygen atoms in total. The van der Waals surface area contributed by atoms with Crippen LogP contribution in [-0.2, 0) is 19.3 Å². The molecule has 0 bridgehead atoms. The first-order chi connectivity index (χ1) is 27.7. The van der Waals surface area contributed by atoms with Gasteiger partial charge in [-0.25, -0.2) is 13.8 Å². The molecular formula is C42H42ClF5N6O4. The molecule has 0 spiro atoms. The number of pyridine rings is 1. The molecule has 3 aliphatic heterocycles. The van der Waals surface area contributed by atoms with Gasteiger partial charge in [0.15, 0.2) is 5.75 Å². The highest BCUT2D eigenvalue weighted by atomic mass is 35.5. The van der Waals surface area contributed by atoms with Crippen LogP contribution in [0.2, 0.25) is 5.02 Å². The van der Waals surface area contributed by atoms with Crippen LogP contribution in [0, 0.1) is 6.92 Å². The summed E-state index contributed by atoms with van der Waals surface area (Å²) in [4.78, 5) is 19.6. The normalized spacial score (nSPS) is 18.8. The second-order valence-corrected chi connectivity index (χ2v) is 15.6. The van der Waals surface area contributed by atoms with Crippen LogP contribution in [0.4, 0.5) is 33.6 Å². The molecule has 58 heavy (non-hydrogen) atoms. The maximum atomic E-state index is 15.2. The topological polar surface area (TPSA) is 85.3 Å². The minimum absolute atomic E-state index is 0.0496. The van der Waals surface area contributed by atoms with Crippen molar-refractivity contribution in [1.29, 1.82) is 0 Å². The molecule has 5 aromatic rings. The summed E-state index contributed by atoms with van der Waals surface area (Å²) in [6, 6.07) is 17.6. The third-order valence-electron chi connectivity index (χ3n) is 11.2. The predicted molar refractivity (Wildman–Crippen MR) is 211 cm³/mol. The highest BCUT2D eigenvalue weighted by Gasteiger charge is 2.57. The van der Waals surface area contributed by atoms with Crippen LogP contribution in [0.5, 0.6) is 23.3 Å². The summed E-state index contributed by atoms with van der Waals surface area (Å²) >= 11 is 7.09. The van der Waals surface area contributed by atoms with E-state index in [2.05, 4.69) is 9.97 Å².